The summed E-state index contributed by atoms with van der Waals surface area (Å²) in [5.41, 5.74) is 3.06. The number of aromatic nitrogens is 5. The Balaban J connectivity index is 1.49. The topological polar surface area (TPSA) is 68.3 Å². The van der Waals surface area contributed by atoms with Gasteiger partial charge >= 0.3 is 0 Å². The second kappa shape index (κ2) is 6.20. The lowest BCUT2D eigenvalue weighted by molar-refractivity contribution is 0.0779. The molecule has 1 aromatic carbocycles. The van der Waals surface area contributed by atoms with Gasteiger partial charge in [-0.3, -0.25) is 4.79 Å². The summed E-state index contributed by atoms with van der Waals surface area (Å²) in [5.74, 6) is -0.137. The first kappa shape index (κ1) is 15.1. The molecule has 4 rings (SSSR count). The molecule has 0 aliphatic heterocycles. The average molecular weight is 332 g/mol. The molecule has 3 aromatic heterocycles. The van der Waals surface area contributed by atoms with E-state index in [4.69, 9.17) is 0 Å². The number of nitrogens with zero attached hydrogens (tertiary/aromatic N) is 6. The van der Waals surface area contributed by atoms with Gasteiger partial charge in [0.2, 0.25) is 0 Å². The molecule has 0 atom stereocenters. The molecule has 25 heavy (non-hydrogen) atoms. The molecule has 7 heteroatoms. The number of benzene rings is 1. The molecule has 0 unspecified atom stereocenters. The third-order valence-corrected chi connectivity index (χ3v) is 3.93. The van der Waals surface area contributed by atoms with Gasteiger partial charge in [0.25, 0.3) is 5.91 Å². The number of fused-ring (bicyclic) bond motifs is 1. The number of carbonyl (C=O) groups excluding carboxylic acids is 1. The van der Waals surface area contributed by atoms with Crippen molar-refractivity contribution in [1.29, 1.82) is 0 Å². The minimum absolute atomic E-state index is 0.137. The highest BCUT2D eigenvalue weighted by Crippen LogP contribution is 2.12. The maximum atomic E-state index is 12.6. The molecule has 0 saturated carbocycles. The first-order chi connectivity index (χ1) is 12.2. The van der Waals surface area contributed by atoms with E-state index in [2.05, 4.69) is 15.2 Å². The quantitative estimate of drug-likeness (QED) is 0.574. The second-order valence-corrected chi connectivity index (χ2v) is 5.73. The zero-order valence-electron chi connectivity index (χ0n) is 13.6. The van der Waals surface area contributed by atoms with E-state index in [1.807, 2.05) is 36.5 Å². The molecule has 0 radical (unpaired) electrons. The molecule has 1 amide bonds. The molecule has 124 valence electrons. The van der Waals surface area contributed by atoms with Gasteiger partial charge in [0.15, 0.2) is 11.3 Å². The third-order valence-electron chi connectivity index (χ3n) is 3.93. The van der Waals surface area contributed by atoms with Gasteiger partial charge in [0.05, 0.1) is 5.69 Å². The van der Waals surface area contributed by atoms with Gasteiger partial charge in [-0.2, -0.15) is 10.2 Å². The lowest BCUT2D eigenvalue weighted by atomic mass is 10.2. The van der Waals surface area contributed by atoms with Crippen molar-refractivity contribution in [2.24, 2.45) is 0 Å². The monoisotopic (exact) mass is 332 g/mol. The van der Waals surface area contributed by atoms with Crippen LogP contribution < -0.4 is 0 Å². The van der Waals surface area contributed by atoms with Crippen LogP contribution in [-0.4, -0.2) is 42.2 Å². The normalized spacial score (nSPS) is 10.9. The fraction of sp³-hybridized carbons (Fsp3) is 0.111. The van der Waals surface area contributed by atoms with E-state index < -0.39 is 0 Å². The van der Waals surface area contributed by atoms with E-state index in [0.29, 0.717) is 17.9 Å². The molecule has 0 fully saturated rings. The summed E-state index contributed by atoms with van der Waals surface area (Å²) in [5, 5.41) is 8.48. The average Bonchev–Trinajstić information content (AvgIpc) is 3.31. The van der Waals surface area contributed by atoms with Gasteiger partial charge in [-0.1, -0.05) is 12.1 Å². The minimum atomic E-state index is -0.137. The Hall–Kier alpha value is -3.48. The van der Waals surface area contributed by atoms with Crippen LogP contribution in [0.2, 0.25) is 0 Å². The van der Waals surface area contributed by atoms with Crippen molar-refractivity contribution in [2.75, 3.05) is 7.05 Å². The van der Waals surface area contributed by atoms with E-state index in [1.165, 1.54) is 0 Å². The predicted octanol–water partition coefficient (Wildman–Crippen LogP) is 2.19. The maximum Gasteiger partial charge on any atom is 0.274 e. The van der Waals surface area contributed by atoms with Gasteiger partial charge in [0.1, 0.15) is 0 Å². The zero-order valence-corrected chi connectivity index (χ0v) is 13.6. The van der Waals surface area contributed by atoms with E-state index >= 15 is 0 Å². The molecule has 0 N–H and O–H groups in total. The van der Waals surface area contributed by atoms with Crippen molar-refractivity contribution in [3.63, 3.8) is 0 Å². The summed E-state index contributed by atoms with van der Waals surface area (Å²) in [6, 6.07) is 13.3. The Morgan fingerprint density at radius 1 is 1.12 bits per heavy atom. The van der Waals surface area contributed by atoms with Crippen LogP contribution in [0.1, 0.15) is 16.1 Å². The number of carbonyl (C=O) groups is 1. The van der Waals surface area contributed by atoms with Gasteiger partial charge in [-0.25, -0.2) is 14.2 Å². The Kier molecular flexibility index (Phi) is 3.74. The Morgan fingerprint density at radius 2 is 1.92 bits per heavy atom. The fourth-order valence-corrected chi connectivity index (χ4v) is 2.65. The van der Waals surface area contributed by atoms with E-state index in [-0.39, 0.29) is 5.91 Å². The van der Waals surface area contributed by atoms with Crippen molar-refractivity contribution >= 4 is 11.6 Å². The molecular weight excluding hydrogens is 316 g/mol. The summed E-state index contributed by atoms with van der Waals surface area (Å²) in [6.45, 7) is 0.500. The number of hydrogen-bond acceptors (Lipinski definition) is 4. The lowest BCUT2D eigenvalue weighted by Crippen LogP contribution is -2.26. The fourth-order valence-electron chi connectivity index (χ4n) is 2.65. The van der Waals surface area contributed by atoms with Crippen LogP contribution >= 0.6 is 0 Å². The Morgan fingerprint density at radius 3 is 2.64 bits per heavy atom. The second-order valence-electron chi connectivity index (χ2n) is 5.73. The van der Waals surface area contributed by atoms with Crippen molar-refractivity contribution in [1.82, 2.24) is 29.3 Å². The lowest BCUT2D eigenvalue weighted by Gasteiger charge is -2.16. The standard InChI is InChI=1S/C18H16N6O/c1-22(18(25)16-12-17-19-8-2-11-24(17)21-16)13-14-4-6-15(7-5-14)23-10-3-9-20-23/h2-12H,13H2,1H3. The Labute approximate surface area is 144 Å². The van der Waals surface area contributed by atoms with Crippen molar-refractivity contribution in [3.05, 3.63) is 78.5 Å². The number of rotatable bonds is 4. The minimum Gasteiger partial charge on any atom is -0.336 e. The zero-order chi connectivity index (χ0) is 17.2. The van der Waals surface area contributed by atoms with Crippen molar-refractivity contribution in [2.45, 2.75) is 6.54 Å². The molecule has 3 heterocycles. The van der Waals surface area contributed by atoms with Crippen LogP contribution in [0, 0.1) is 0 Å². The third kappa shape index (κ3) is 2.99. The van der Waals surface area contributed by atoms with Crippen molar-refractivity contribution in [3.8, 4) is 5.69 Å². The summed E-state index contributed by atoms with van der Waals surface area (Å²) < 4.78 is 3.39. The van der Waals surface area contributed by atoms with Gasteiger partial charge in [0, 0.05) is 44.4 Å². The van der Waals surface area contributed by atoms with E-state index in [9.17, 15) is 4.79 Å². The van der Waals surface area contributed by atoms with Crippen LogP contribution in [0.4, 0.5) is 0 Å². The summed E-state index contributed by atoms with van der Waals surface area (Å²) in [7, 11) is 1.77. The first-order valence-electron chi connectivity index (χ1n) is 7.85. The largest absolute Gasteiger partial charge is 0.336 e. The molecule has 0 saturated heterocycles. The SMILES string of the molecule is CN(Cc1ccc(-n2cccn2)cc1)C(=O)c1cc2ncccn2n1. The van der Waals surface area contributed by atoms with Gasteiger partial charge < -0.3 is 4.90 Å². The number of hydrogen-bond donors (Lipinski definition) is 0. The summed E-state index contributed by atoms with van der Waals surface area (Å²) in [4.78, 5) is 18.4. The van der Waals surface area contributed by atoms with Crippen molar-refractivity contribution < 1.29 is 4.79 Å². The van der Waals surface area contributed by atoms with Crippen LogP contribution in [0.3, 0.4) is 0 Å². The summed E-state index contributed by atoms with van der Waals surface area (Å²) >= 11 is 0. The number of amides is 1. The molecule has 0 spiro atoms. The molecule has 7 nitrogen and oxygen atoms in total. The highest BCUT2D eigenvalue weighted by Gasteiger charge is 2.16. The Bertz CT molecular complexity index is 971. The van der Waals surface area contributed by atoms with Crippen LogP contribution in [0.5, 0.6) is 0 Å². The van der Waals surface area contributed by atoms with E-state index in [1.54, 1.807) is 51.9 Å². The first-order valence-corrected chi connectivity index (χ1v) is 7.85. The molecule has 4 aromatic rings. The molecule has 0 aliphatic carbocycles. The molecule has 0 bridgehead atoms. The molecular formula is C18H16N6O. The maximum absolute atomic E-state index is 12.6. The summed E-state index contributed by atoms with van der Waals surface area (Å²) in [6.07, 6.45) is 7.08. The molecule has 0 aliphatic rings. The van der Waals surface area contributed by atoms with Gasteiger partial charge in [-0.05, 0) is 29.8 Å². The van der Waals surface area contributed by atoms with Crippen LogP contribution in [-0.2, 0) is 6.54 Å². The van der Waals surface area contributed by atoms with Gasteiger partial charge in [-0.15, -0.1) is 0 Å². The highest BCUT2D eigenvalue weighted by molar-refractivity contribution is 5.93. The van der Waals surface area contributed by atoms with E-state index in [0.717, 1.165) is 11.3 Å². The highest BCUT2D eigenvalue weighted by atomic mass is 16.2. The van der Waals surface area contributed by atoms with Crippen LogP contribution in [0.25, 0.3) is 11.3 Å². The van der Waals surface area contributed by atoms with Crippen LogP contribution in [0.15, 0.2) is 67.3 Å². The smallest absolute Gasteiger partial charge is 0.274 e. The predicted molar refractivity (Wildman–Crippen MR) is 92.3 cm³/mol.